The Morgan fingerprint density at radius 2 is 2.06 bits per heavy atom. The molecular formula is C13H20BrN3. The van der Waals surface area contributed by atoms with Crippen LogP contribution in [0.3, 0.4) is 0 Å². The van der Waals surface area contributed by atoms with Gasteiger partial charge in [-0.1, -0.05) is 6.92 Å². The van der Waals surface area contributed by atoms with E-state index < -0.39 is 0 Å². The van der Waals surface area contributed by atoms with Crippen LogP contribution < -0.4 is 5.32 Å². The summed E-state index contributed by atoms with van der Waals surface area (Å²) in [4.78, 5) is 4.80. The lowest BCUT2D eigenvalue weighted by atomic mass is 9.95. The molecule has 4 heteroatoms. The minimum absolute atomic E-state index is 0.659. The van der Waals surface area contributed by atoms with Crippen molar-refractivity contribution in [1.82, 2.24) is 14.9 Å². The number of imidazole rings is 1. The third-order valence-corrected chi connectivity index (χ3v) is 4.76. The third kappa shape index (κ3) is 2.17. The van der Waals surface area contributed by atoms with Crippen molar-refractivity contribution in [3.05, 3.63) is 16.1 Å². The molecule has 3 heterocycles. The fraction of sp³-hybridized carbons (Fsp3) is 0.769. The Hall–Kier alpha value is -0.350. The van der Waals surface area contributed by atoms with Gasteiger partial charge in [-0.3, -0.25) is 0 Å². The Morgan fingerprint density at radius 3 is 2.82 bits per heavy atom. The zero-order valence-corrected chi connectivity index (χ0v) is 12.0. The quantitative estimate of drug-likeness (QED) is 0.864. The molecule has 2 aliphatic rings. The average Bonchev–Trinajstić information content (AvgIpc) is 2.67. The first-order valence-corrected chi connectivity index (χ1v) is 7.50. The second kappa shape index (κ2) is 4.73. The molecule has 0 spiro atoms. The SMILES string of the molecule is CC1CCc2c(Br)nc(C3CCNCC3)n2C1. The molecule has 94 valence electrons. The van der Waals surface area contributed by atoms with Crippen LogP contribution >= 0.6 is 15.9 Å². The largest absolute Gasteiger partial charge is 0.330 e. The van der Waals surface area contributed by atoms with Crippen molar-refractivity contribution in [3.8, 4) is 0 Å². The maximum absolute atomic E-state index is 4.80. The van der Waals surface area contributed by atoms with Crippen LogP contribution in [0, 0.1) is 5.92 Å². The van der Waals surface area contributed by atoms with E-state index in [0.717, 1.165) is 30.2 Å². The maximum Gasteiger partial charge on any atom is 0.127 e. The molecule has 0 amide bonds. The Morgan fingerprint density at radius 1 is 1.29 bits per heavy atom. The summed E-state index contributed by atoms with van der Waals surface area (Å²) in [6.07, 6.45) is 4.95. The predicted molar refractivity (Wildman–Crippen MR) is 72.3 cm³/mol. The minimum atomic E-state index is 0.659. The van der Waals surface area contributed by atoms with Gasteiger partial charge >= 0.3 is 0 Å². The molecule has 3 nitrogen and oxygen atoms in total. The van der Waals surface area contributed by atoms with E-state index in [9.17, 15) is 0 Å². The van der Waals surface area contributed by atoms with Crippen molar-refractivity contribution in [1.29, 1.82) is 0 Å². The highest BCUT2D eigenvalue weighted by molar-refractivity contribution is 9.10. The number of rotatable bonds is 1. The number of halogens is 1. The number of nitrogens with one attached hydrogen (secondary N) is 1. The molecule has 1 N–H and O–H groups in total. The lowest BCUT2D eigenvalue weighted by Crippen LogP contribution is -2.29. The molecule has 0 aliphatic carbocycles. The highest BCUT2D eigenvalue weighted by Gasteiger charge is 2.27. The van der Waals surface area contributed by atoms with E-state index in [1.54, 1.807) is 0 Å². The van der Waals surface area contributed by atoms with E-state index in [4.69, 9.17) is 4.98 Å². The molecule has 1 unspecified atom stereocenters. The first-order valence-electron chi connectivity index (χ1n) is 6.71. The zero-order valence-electron chi connectivity index (χ0n) is 10.4. The molecule has 1 atom stereocenters. The monoisotopic (exact) mass is 297 g/mol. The number of aromatic nitrogens is 2. The summed E-state index contributed by atoms with van der Waals surface area (Å²) in [7, 11) is 0. The molecular weight excluding hydrogens is 278 g/mol. The fourth-order valence-electron chi connectivity index (χ4n) is 3.09. The van der Waals surface area contributed by atoms with Crippen LogP contribution in [-0.2, 0) is 13.0 Å². The molecule has 1 fully saturated rings. The van der Waals surface area contributed by atoms with Crippen LogP contribution in [0.5, 0.6) is 0 Å². The summed E-state index contributed by atoms with van der Waals surface area (Å²) < 4.78 is 3.59. The van der Waals surface area contributed by atoms with Crippen molar-refractivity contribution < 1.29 is 0 Å². The van der Waals surface area contributed by atoms with Crippen LogP contribution in [0.2, 0.25) is 0 Å². The summed E-state index contributed by atoms with van der Waals surface area (Å²) >= 11 is 3.64. The van der Waals surface area contributed by atoms with E-state index in [0.29, 0.717) is 5.92 Å². The van der Waals surface area contributed by atoms with Gasteiger partial charge in [0, 0.05) is 12.5 Å². The first-order chi connectivity index (χ1) is 8.25. The van der Waals surface area contributed by atoms with Crippen LogP contribution in [-0.4, -0.2) is 22.6 Å². The van der Waals surface area contributed by atoms with E-state index in [-0.39, 0.29) is 0 Å². The second-order valence-electron chi connectivity index (χ2n) is 5.49. The van der Waals surface area contributed by atoms with Gasteiger partial charge in [-0.15, -0.1) is 0 Å². The summed E-state index contributed by atoms with van der Waals surface area (Å²) in [5.74, 6) is 2.79. The molecule has 2 aliphatic heterocycles. The topological polar surface area (TPSA) is 29.9 Å². The Kier molecular flexibility index (Phi) is 3.26. The van der Waals surface area contributed by atoms with Gasteiger partial charge in [0.15, 0.2) is 0 Å². The van der Waals surface area contributed by atoms with E-state index in [1.165, 1.54) is 37.2 Å². The summed E-state index contributed by atoms with van der Waals surface area (Å²) in [6, 6.07) is 0. The number of hydrogen-bond donors (Lipinski definition) is 1. The smallest absolute Gasteiger partial charge is 0.127 e. The highest BCUT2D eigenvalue weighted by Crippen LogP contribution is 2.33. The van der Waals surface area contributed by atoms with Crippen molar-refractivity contribution >= 4 is 15.9 Å². The third-order valence-electron chi connectivity index (χ3n) is 4.13. The van der Waals surface area contributed by atoms with E-state index in [1.807, 2.05) is 0 Å². The average molecular weight is 298 g/mol. The van der Waals surface area contributed by atoms with Crippen molar-refractivity contribution in [2.75, 3.05) is 13.1 Å². The lowest BCUT2D eigenvalue weighted by Gasteiger charge is -2.27. The molecule has 0 saturated carbocycles. The molecule has 3 rings (SSSR count). The molecule has 0 aromatic carbocycles. The number of nitrogens with zero attached hydrogens (tertiary/aromatic N) is 2. The van der Waals surface area contributed by atoms with Gasteiger partial charge in [0.1, 0.15) is 10.4 Å². The Bertz CT molecular complexity index is 407. The van der Waals surface area contributed by atoms with Gasteiger partial charge in [0.25, 0.3) is 0 Å². The predicted octanol–water partition coefficient (Wildman–Crippen LogP) is 2.69. The summed E-state index contributed by atoms with van der Waals surface area (Å²) in [6.45, 7) is 5.79. The molecule has 1 aromatic rings. The number of hydrogen-bond acceptors (Lipinski definition) is 2. The highest BCUT2D eigenvalue weighted by atomic mass is 79.9. The molecule has 1 aromatic heterocycles. The van der Waals surface area contributed by atoms with Crippen LogP contribution in [0.4, 0.5) is 0 Å². The van der Waals surface area contributed by atoms with Gasteiger partial charge in [-0.25, -0.2) is 4.98 Å². The zero-order chi connectivity index (χ0) is 11.8. The summed E-state index contributed by atoms with van der Waals surface area (Å²) in [5.41, 5.74) is 1.43. The molecule has 0 radical (unpaired) electrons. The number of fused-ring (bicyclic) bond motifs is 1. The van der Waals surface area contributed by atoms with Gasteiger partial charge in [0.05, 0.1) is 5.69 Å². The lowest BCUT2D eigenvalue weighted by molar-refractivity contribution is 0.365. The maximum atomic E-state index is 4.80. The van der Waals surface area contributed by atoms with Crippen molar-refractivity contribution in [2.45, 2.75) is 45.1 Å². The van der Waals surface area contributed by atoms with E-state index >= 15 is 0 Å². The Balaban J connectivity index is 1.93. The fourth-order valence-corrected chi connectivity index (χ4v) is 3.69. The minimum Gasteiger partial charge on any atom is -0.330 e. The molecule has 0 bridgehead atoms. The molecule has 1 saturated heterocycles. The van der Waals surface area contributed by atoms with Gasteiger partial charge in [0.2, 0.25) is 0 Å². The van der Waals surface area contributed by atoms with Crippen LogP contribution in [0.25, 0.3) is 0 Å². The number of piperidine rings is 1. The van der Waals surface area contributed by atoms with Gasteiger partial charge in [-0.2, -0.15) is 0 Å². The standard InChI is InChI=1S/C13H20BrN3/c1-9-2-3-11-12(14)16-13(17(11)8-9)10-4-6-15-7-5-10/h9-10,15H,2-8H2,1H3. The van der Waals surface area contributed by atoms with Crippen molar-refractivity contribution in [3.63, 3.8) is 0 Å². The van der Waals surface area contributed by atoms with E-state index in [2.05, 4.69) is 32.7 Å². The van der Waals surface area contributed by atoms with Gasteiger partial charge in [-0.05, 0) is 60.6 Å². The second-order valence-corrected chi connectivity index (χ2v) is 6.24. The summed E-state index contributed by atoms with van der Waals surface area (Å²) in [5, 5.41) is 3.43. The van der Waals surface area contributed by atoms with Crippen molar-refractivity contribution in [2.24, 2.45) is 5.92 Å². The normalized spacial score (nSPS) is 25.9. The van der Waals surface area contributed by atoms with Crippen LogP contribution in [0.1, 0.15) is 43.6 Å². The van der Waals surface area contributed by atoms with Crippen LogP contribution in [0.15, 0.2) is 4.60 Å². The Labute approximate surface area is 111 Å². The first kappa shape index (κ1) is 11.7. The van der Waals surface area contributed by atoms with Gasteiger partial charge < -0.3 is 9.88 Å². The molecule has 17 heavy (non-hydrogen) atoms.